The molecule has 0 radical (unpaired) electrons. The molecule has 7 nitrogen and oxygen atoms in total. The van der Waals surface area contributed by atoms with Gasteiger partial charge in [-0.25, -0.2) is 0 Å². The van der Waals surface area contributed by atoms with Gasteiger partial charge in [-0.1, -0.05) is 12.1 Å². The van der Waals surface area contributed by atoms with Crippen molar-refractivity contribution in [2.24, 2.45) is 0 Å². The number of amides is 2. The number of nitrogens with zero attached hydrogens (tertiary/aromatic N) is 1. The normalized spacial score (nSPS) is 14.6. The van der Waals surface area contributed by atoms with Crippen LogP contribution in [0.15, 0.2) is 48.5 Å². The van der Waals surface area contributed by atoms with Crippen molar-refractivity contribution in [2.45, 2.75) is 0 Å². The summed E-state index contributed by atoms with van der Waals surface area (Å²) in [5.74, 6) is -0.340. The molecule has 0 bridgehead atoms. The lowest BCUT2D eigenvalue weighted by atomic mass is 10.1. The maximum Gasteiger partial charge on any atom is 0.257 e. The van der Waals surface area contributed by atoms with Crippen molar-refractivity contribution in [2.75, 3.05) is 49.2 Å². The van der Waals surface area contributed by atoms with Crippen molar-refractivity contribution < 1.29 is 14.3 Å². The molecular weight excluding hydrogens is 332 g/mol. The smallest absolute Gasteiger partial charge is 0.257 e. The Morgan fingerprint density at radius 3 is 2.23 bits per heavy atom. The Morgan fingerprint density at radius 2 is 1.58 bits per heavy atom. The van der Waals surface area contributed by atoms with E-state index in [9.17, 15) is 9.59 Å². The molecule has 4 N–H and O–H groups in total. The van der Waals surface area contributed by atoms with Crippen LogP contribution in [-0.2, 0) is 9.53 Å². The largest absolute Gasteiger partial charge is 0.398 e. The molecule has 1 fully saturated rings. The number of hydrogen-bond donors (Lipinski definition) is 3. The topological polar surface area (TPSA) is 96.7 Å². The number of nitrogens with two attached hydrogens (primary N) is 1. The minimum Gasteiger partial charge on any atom is -0.398 e. The van der Waals surface area contributed by atoms with Crippen LogP contribution in [0, 0.1) is 0 Å². The average molecular weight is 354 g/mol. The summed E-state index contributed by atoms with van der Waals surface area (Å²) in [7, 11) is 0. The average Bonchev–Trinajstić information content (AvgIpc) is 2.64. The minimum atomic E-state index is -0.271. The molecule has 1 saturated heterocycles. The molecule has 0 saturated carbocycles. The van der Waals surface area contributed by atoms with Crippen LogP contribution in [0.25, 0.3) is 0 Å². The van der Waals surface area contributed by atoms with Crippen LogP contribution in [0.1, 0.15) is 10.4 Å². The molecule has 136 valence electrons. The molecule has 7 heteroatoms. The molecule has 0 unspecified atom stereocenters. The molecule has 2 aromatic rings. The molecule has 2 aromatic carbocycles. The third-order valence-corrected chi connectivity index (χ3v) is 4.10. The highest BCUT2D eigenvalue weighted by molar-refractivity contribution is 6.07. The number of anilines is 3. The van der Waals surface area contributed by atoms with Crippen molar-refractivity contribution >= 4 is 28.9 Å². The standard InChI is InChI=1S/C19H22N4O3/c20-17-4-2-1-3-16(17)19(25)22-15-7-5-14(6-8-15)21-18(24)13-23-9-11-26-12-10-23/h1-8H,9-13,20H2,(H,21,24)(H,22,25). The van der Waals surface area contributed by atoms with Gasteiger partial charge in [0.1, 0.15) is 0 Å². The minimum absolute atomic E-state index is 0.0688. The van der Waals surface area contributed by atoms with Crippen molar-refractivity contribution in [3.8, 4) is 0 Å². The number of hydrogen-bond acceptors (Lipinski definition) is 5. The Balaban J connectivity index is 1.54. The molecule has 26 heavy (non-hydrogen) atoms. The quantitative estimate of drug-likeness (QED) is 0.712. The fourth-order valence-electron chi connectivity index (χ4n) is 2.70. The van der Waals surface area contributed by atoms with E-state index < -0.39 is 0 Å². The van der Waals surface area contributed by atoms with Gasteiger partial charge in [-0.05, 0) is 36.4 Å². The zero-order valence-electron chi connectivity index (χ0n) is 14.4. The Hall–Kier alpha value is -2.90. The predicted molar refractivity (Wildman–Crippen MR) is 101 cm³/mol. The van der Waals surface area contributed by atoms with Gasteiger partial charge in [-0.15, -0.1) is 0 Å². The maximum absolute atomic E-state index is 12.2. The first-order valence-electron chi connectivity index (χ1n) is 8.48. The highest BCUT2D eigenvalue weighted by atomic mass is 16.5. The fourth-order valence-corrected chi connectivity index (χ4v) is 2.70. The zero-order valence-corrected chi connectivity index (χ0v) is 14.4. The van der Waals surface area contributed by atoms with Crippen molar-refractivity contribution in [1.82, 2.24) is 4.90 Å². The summed E-state index contributed by atoms with van der Waals surface area (Å²) in [5.41, 5.74) is 7.97. The second-order valence-corrected chi connectivity index (χ2v) is 6.06. The number of benzene rings is 2. The predicted octanol–water partition coefficient (Wildman–Crippen LogP) is 1.79. The number of para-hydroxylation sites is 1. The zero-order chi connectivity index (χ0) is 18.4. The lowest BCUT2D eigenvalue weighted by Crippen LogP contribution is -2.41. The van der Waals surface area contributed by atoms with Crippen LogP contribution in [-0.4, -0.2) is 49.6 Å². The fraction of sp³-hybridized carbons (Fsp3) is 0.263. The number of rotatable bonds is 5. The van der Waals surface area contributed by atoms with E-state index >= 15 is 0 Å². The lowest BCUT2D eigenvalue weighted by molar-refractivity contribution is -0.118. The second-order valence-electron chi connectivity index (χ2n) is 6.06. The summed E-state index contributed by atoms with van der Waals surface area (Å²) < 4.78 is 5.27. The number of carbonyl (C=O) groups excluding carboxylic acids is 2. The first kappa shape index (κ1) is 17.9. The van der Waals surface area contributed by atoms with E-state index in [1.165, 1.54) is 0 Å². The van der Waals surface area contributed by atoms with Crippen LogP contribution in [0.3, 0.4) is 0 Å². The molecule has 0 atom stereocenters. The monoisotopic (exact) mass is 354 g/mol. The van der Waals surface area contributed by atoms with Gasteiger partial charge in [0.2, 0.25) is 5.91 Å². The summed E-state index contributed by atoms with van der Waals surface area (Å²) >= 11 is 0. The van der Waals surface area contributed by atoms with E-state index in [-0.39, 0.29) is 11.8 Å². The van der Waals surface area contributed by atoms with Crippen LogP contribution in [0.2, 0.25) is 0 Å². The second kappa shape index (κ2) is 8.46. The molecule has 0 aromatic heterocycles. The molecule has 2 amide bonds. The van der Waals surface area contributed by atoms with Crippen LogP contribution >= 0.6 is 0 Å². The lowest BCUT2D eigenvalue weighted by Gasteiger charge is -2.25. The first-order valence-corrected chi connectivity index (χ1v) is 8.48. The molecule has 1 heterocycles. The van der Waals surface area contributed by atoms with E-state index in [2.05, 4.69) is 15.5 Å². The molecular formula is C19H22N4O3. The SMILES string of the molecule is Nc1ccccc1C(=O)Nc1ccc(NC(=O)CN2CCOCC2)cc1. The van der Waals surface area contributed by atoms with Crippen LogP contribution < -0.4 is 16.4 Å². The van der Waals surface area contributed by atoms with E-state index in [1.54, 1.807) is 48.5 Å². The van der Waals surface area contributed by atoms with Gasteiger partial charge in [0, 0.05) is 30.2 Å². The maximum atomic E-state index is 12.2. The Morgan fingerprint density at radius 1 is 0.962 bits per heavy atom. The van der Waals surface area contributed by atoms with Crippen molar-refractivity contribution in [3.63, 3.8) is 0 Å². The molecule has 3 rings (SSSR count). The van der Waals surface area contributed by atoms with Gasteiger partial charge >= 0.3 is 0 Å². The third kappa shape index (κ3) is 4.81. The summed E-state index contributed by atoms with van der Waals surface area (Å²) in [6.07, 6.45) is 0. The highest BCUT2D eigenvalue weighted by Crippen LogP contribution is 2.17. The van der Waals surface area contributed by atoms with Crippen LogP contribution in [0.4, 0.5) is 17.1 Å². The highest BCUT2D eigenvalue weighted by Gasteiger charge is 2.14. The summed E-state index contributed by atoms with van der Waals surface area (Å²) in [5, 5.41) is 5.65. The Labute approximate surface area is 152 Å². The van der Waals surface area contributed by atoms with Crippen LogP contribution in [0.5, 0.6) is 0 Å². The summed E-state index contributed by atoms with van der Waals surface area (Å²) in [6, 6.07) is 13.9. The van der Waals surface area contributed by atoms with E-state index in [0.717, 1.165) is 13.1 Å². The molecule has 1 aliphatic rings. The number of nitrogens with one attached hydrogen (secondary N) is 2. The van der Waals surface area contributed by atoms with Crippen molar-refractivity contribution in [1.29, 1.82) is 0 Å². The van der Waals surface area contributed by atoms with Gasteiger partial charge in [0.15, 0.2) is 0 Å². The molecule has 0 aliphatic carbocycles. The molecule has 1 aliphatic heterocycles. The van der Waals surface area contributed by atoms with E-state index in [1.807, 2.05) is 0 Å². The molecule has 0 spiro atoms. The number of morpholine rings is 1. The summed E-state index contributed by atoms with van der Waals surface area (Å²) in [4.78, 5) is 26.4. The Bertz CT molecular complexity index is 771. The van der Waals surface area contributed by atoms with Gasteiger partial charge in [0.05, 0.1) is 25.3 Å². The number of nitrogen functional groups attached to an aromatic ring is 1. The van der Waals surface area contributed by atoms with E-state index in [4.69, 9.17) is 10.5 Å². The van der Waals surface area contributed by atoms with E-state index in [0.29, 0.717) is 42.4 Å². The van der Waals surface area contributed by atoms with Crippen molar-refractivity contribution in [3.05, 3.63) is 54.1 Å². The Kier molecular flexibility index (Phi) is 5.83. The first-order chi connectivity index (χ1) is 12.6. The summed E-state index contributed by atoms with van der Waals surface area (Å²) in [6.45, 7) is 3.19. The van der Waals surface area contributed by atoms with Gasteiger partial charge in [0.25, 0.3) is 5.91 Å². The third-order valence-electron chi connectivity index (χ3n) is 4.10. The number of carbonyl (C=O) groups is 2. The van der Waals surface area contributed by atoms with Gasteiger partial charge in [-0.2, -0.15) is 0 Å². The van der Waals surface area contributed by atoms with Gasteiger partial charge in [-0.3, -0.25) is 14.5 Å². The number of ether oxygens (including phenoxy) is 1. The van der Waals surface area contributed by atoms with Gasteiger partial charge < -0.3 is 21.1 Å².